The molecule has 1 unspecified atom stereocenters. The number of benzene rings is 1. The molecule has 5 rings (SSSR count). The molecule has 9 nitrogen and oxygen atoms in total. The molecule has 0 spiro atoms. The first-order chi connectivity index (χ1) is 14.7. The molecule has 2 amide bonds. The van der Waals surface area contributed by atoms with Gasteiger partial charge in [0.25, 0.3) is 0 Å². The number of ether oxygens (including phenoxy) is 1. The van der Waals surface area contributed by atoms with Crippen molar-refractivity contribution in [3.8, 4) is 11.6 Å². The van der Waals surface area contributed by atoms with E-state index in [1.165, 1.54) is 0 Å². The third-order valence-electron chi connectivity index (χ3n) is 5.61. The Bertz CT molecular complexity index is 1020. The fourth-order valence-corrected chi connectivity index (χ4v) is 4.02. The van der Waals surface area contributed by atoms with Gasteiger partial charge in [0.2, 0.25) is 5.88 Å². The van der Waals surface area contributed by atoms with Gasteiger partial charge in [-0.15, -0.1) is 5.10 Å². The van der Waals surface area contributed by atoms with Crippen LogP contribution >= 0.6 is 11.6 Å². The molecular formula is C20H20ClN7O2. The molecule has 0 radical (unpaired) electrons. The Labute approximate surface area is 178 Å². The van der Waals surface area contributed by atoms with E-state index in [9.17, 15) is 4.79 Å². The maximum atomic E-state index is 12.8. The van der Waals surface area contributed by atoms with E-state index in [1.54, 1.807) is 23.1 Å². The fourth-order valence-electron chi connectivity index (χ4n) is 3.85. The number of tetrazole rings is 1. The number of carbonyl (C=O) groups excluding carboxylic acids is 1. The molecule has 2 aromatic heterocycles. The second-order valence-electron chi connectivity index (χ2n) is 7.53. The largest absolute Gasteiger partial charge is 0.437 e. The van der Waals surface area contributed by atoms with Crippen LogP contribution in [0.4, 0.5) is 4.79 Å². The lowest BCUT2D eigenvalue weighted by Crippen LogP contribution is -2.53. The number of aromatic nitrogens is 5. The SMILES string of the molecule is O=C(N1CC(c2ccc(Oc3ccccc3Cl)nc2)C1)N1CCC(n2cnnn2)C1. The molecular weight excluding hydrogens is 406 g/mol. The van der Waals surface area contributed by atoms with Crippen molar-refractivity contribution in [2.45, 2.75) is 18.4 Å². The minimum absolute atomic E-state index is 0.0773. The van der Waals surface area contributed by atoms with Crippen molar-refractivity contribution in [2.24, 2.45) is 0 Å². The summed E-state index contributed by atoms with van der Waals surface area (Å²) in [5.41, 5.74) is 1.10. The number of hydrogen-bond acceptors (Lipinski definition) is 6. The van der Waals surface area contributed by atoms with Gasteiger partial charge < -0.3 is 14.5 Å². The Morgan fingerprint density at radius 1 is 1.10 bits per heavy atom. The molecule has 1 aromatic carbocycles. The quantitative estimate of drug-likeness (QED) is 0.638. The average molecular weight is 426 g/mol. The molecule has 30 heavy (non-hydrogen) atoms. The van der Waals surface area contributed by atoms with Gasteiger partial charge in [-0.3, -0.25) is 0 Å². The topological polar surface area (TPSA) is 89.3 Å². The second-order valence-corrected chi connectivity index (χ2v) is 7.93. The van der Waals surface area contributed by atoms with E-state index >= 15 is 0 Å². The molecule has 0 saturated carbocycles. The number of hydrogen-bond donors (Lipinski definition) is 0. The van der Waals surface area contributed by atoms with Gasteiger partial charge in [-0.05, 0) is 34.5 Å². The lowest BCUT2D eigenvalue weighted by molar-refractivity contribution is 0.120. The Kier molecular flexibility index (Phi) is 4.96. The normalized spacial score (nSPS) is 19.0. The molecule has 154 valence electrons. The fraction of sp³-hybridized carbons (Fsp3) is 0.350. The molecule has 0 bridgehead atoms. The third-order valence-corrected chi connectivity index (χ3v) is 5.92. The standard InChI is InChI=1S/C20H20ClN7O2/c21-17-3-1-2-4-18(17)30-19-6-5-14(9-22-19)15-10-27(11-15)20(29)26-8-7-16(12-26)28-13-23-24-25-28/h1-6,9,13,15-16H,7-8,10-12H2. The number of nitrogens with zero attached hydrogens (tertiary/aromatic N) is 7. The van der Waals surface area contributed by atoms with Gasteiger partial charge in [-0.1, -0.05) is 29.8 Å². The zero-order valence-electron chi connectivity index (χ0n) is 16.1. The van der Waals surface area contributed by atoms with E-state index in [4.69, 9.17) is 16.3 Å². The van der Waals surface area contributed by atoms with Crippen LogP contribution in [-0.4, -0.2) is 67.2 Å². The highest BCUT2D eigenvalue weighted by Crippen LogP contribution is 2.32. The van der Waals surface area contributed by atoms with Crippen LogP contribution in [0, 0.1) is 0 Å². The minimum atomic E-state index is 0.0773. The lowest BCUT2D eigenvalue weighted by Gasteiger charge is -2.41. The first kappa shape index (κ1) is 18.8. The number of para-hydroxylation sites is 1. The van der Waals surface area contributed by atoms with Gasteiger partial charge in [0.1, 0.15) is 12.1 Å². The van der Waals surface area contributed by atoms with Gasteiger partial charge in [0.15, 0.2) is 0 Å². The molecule has 2 aliphatic heterocycles. The highest BCUT2D eigenvalue weighted by molar-refractivity contribution is 6.32. The van der Waals surface area contributed by atoms with Gasteiger partial charge in [0, 0.05) is 44.4 Å². The Morgan fingerprint density at radius 3 is 2.70 bits per heavy atom. The van der Waals surface area contributed by atoms with Gasteiger partial charge in [0.05, 0.1) is 11.1 Å². The molecule has 0 N–H and O–H groups in total. The Hall–Kier alpha value is -3.20. The van der Waals surface area contributed by atoms with E-state index < -0.39 is 0 Å². The van der Waals surface area contributed by atoms with Crippen LogP contribution in [-0.2, 0) is 0 Å². The zero-order chi connectivity index (χ0) is 20.5. The number of halogens is 1. The van der Waals surface area contributed by atoms with Crippen LogP contribution in [0.5, 0.6) is 11.6 Å². The Balaban J connectivity index is 1.14. The van der Waals surface area contributed by atoms with Crippen LogP contribution in [0.1, 0.15) is 23.9 Å². The summed E-state index contributed by atoms with van der Waals surface area (Å²) in [6.45, 7) is 2.75. The number of rotatable bonds is 4. The summed E-state index contributed by atoms with van der Waals surface area (Å²) in [6.07, 6.45) is 4.28. The van der Waals surface area contributed by atoms with Crippen molar-refractivity contribution < 1.29 is 9.53 Å². The summed E-state index contributed by atoms with van der Waals surface area (Å²) in [4.78, 5) is 20.9. The number of urea groups is 1. The summed E-state index contributed by atoms with van der Waals surface area (Å²) in [6, 6.07) is 11.3. The average Bonchev–Trinajstić information content (AvgIpc) is 3.41. The minimum Gasteiger partial charge on any atom is -0.437 e. The molecule has 2 fully saturated rings. The molecule has 10 heteroatoms. The third kappa shape index (κ3) is 3.68. The lowest BCUT2D eigenvalue weighted by atomic mass is 9.93. The van der Waals surface area contributed by atoms with E-state index in [2.05, 4.69) is 20.5 Å². The van der Waals surface area contributed by atoms with Gasteiger partial charge >= 0.3 is 6.03 Å². The monoisotopic (exact) mass is 425 g/mol. The summed E-state index contributed by atoms with van der Waals surface area (Å²) in [5.74, 6) is 1.35. The number of carbonyl (C=O) groups is 1. The predicted molar refractivity (Wildman–Crippen MR) is 109 cm³/mol. The predicted octanol–water partition coefficient (Wildman–Crippen LogP) is 2.98. The van der Waals surface area contributed by atoms with Crippen LogP contribution < -0.4 is 4.74 Å². The molecule has 3 aromatic rings. The van der Waals surface area contributed by atoms with Crippen molar-refractivity contribution in [3.05, 3.63) is 59.5 Å². The van der Waals surface area contributed by atoms with Crippen LogP contribution in [0.3, 0.4) is 0 Å². The maximum Gasteiger partial charge on any atom is 0.320 e. The number of pyridine rings is 1. The summed E-state index contributed by atoms with van der Waals surface area (Å²) in [5, 5.41) is 11.8. The summed E-state index contributed by atoms with van der Waals surface area (Å²) in [7, 11) is 0. The molecule has 2 aliphatic rings. The summed E-state index contributed by atoms with van der Waals surface area (Å²) >= 11 is 6.12. The highest BCUT2D eigenvalue weighted by Gasteiger charge is 2.37. The van der Waals surface area contributed by atoms with Crippen molar-refractivity contribution in [2.75, 3.05) is 26.2 Å². The maximum absolute atomic E-state index is 12.8. The second kappa shape index (κ2) is 7.91. The molecule has 1 atom stereocenters. The molecule has 2 saturated heterocycles. The van der Waals surface area contributed by atoms with E-state index in [0.717, 1.165) is 18.5 Å². The van der Waals surface area contributed by atoms with Gasteiger partial charge in [-0.2, -0.15) is 0 Å². The van der Waals surface area contributed by atoms with Crippen molar-refractivity contribution in [1.82, 2.24) is 35.0 Å². The number of amides is 2. The number of likely N-dealkylation sites (tertiary alicyclic amines) is 2. The van der Waals surface area contributed by atoms with Crippen molar-refractivity contribution >= 4 is 17.6 Å². The van der Waals surface area contributed by atoms with E-state index in [-0.39, 0.29) is 18.0 Å². The Morgan fingerprint density at radius 2 is 1.97 bits per heavy atom. The van der Waals surface area contributed by atoms with Crippen molar-refractivity contribution in [3.63, 3.8) is 0 Å². The summed E-state index contributed by atoms with van der Waals surface area (Å²) < 4.78 is 7.46. The molecule has 0 aliphatic carbocycles. The van der Waals surface area contributed by atoms with Crippen LogP contribution in [0.25, 0.3) is 0 Å². The van der Waals surface area contributed by atoms with Crippen LogP contribution in [0.15, 0.2) is 48.9 Å². The zero-order valence-corrected chi connectivity index (χ0v) is 16.9. The van der Waals surface area contributed by atoms with E-state index in [0.29, 0.717) is 36.3 Å². The highest BCUT2D eigenvalue weighted by atomic mass is 35.5. The van der Waals surface area contributed by atoms with Crippen LogP contribution in [0.2, 0.25) is 5.02 Å². The first-order valence-corrected chi connectivity index (χ1v) is 10.2. The van der Waals surface area contributed by atoms with E-state index in [1.807, 2.05) is 40.3 Å². The van der Waals surface area contributed by atoms with Gasteiger partial charge in [-0.25, -0.2) is 14.5 Å². The van der Waals surface area contributed by atoms with Crippen molar-refractivity contribution in [1.29, 1.82) is 0 Å². The first-order valence-electron chi connectivity index (χ1n) is 9.82. The molecule has 4 heterocycles. The smallest absolute Gasteiger partial charge is 0.320 e.